The second kappa shape index (κ2) is 5.92. The molecule has 3 heteroatoms. The highest BCUT2D eigenvalue weighted by atomic mass is 15.2. The summed E-state index contributed by atoms with van der Waals surface area (Å²) in [6.45, 7) is 2.16. The lowest BCUT2D eigenvalue weighted by Gasteiger charge is -2.22. The van der Waals surface area contributed by atoms with Gasteiger partial charge in [-0.1, -0.05) is 61.5 Å². The Hall–Kier alpha value is -2.42. The van der Waals surface area contributed by atoms with Crippen LogP contribution in [-0.4, -0.2) is 11.5 Å². The predicted molar refractivity (Wildman–Crippen MR) is 87.8 cm³/mol. The van der Waals surface area contributed by atoms with E-state index in [1.54, 1.807) is 0 Å². The van der Waals surface area contributed by atoms with E-state index in [0.717, 1.165) is 24.1 Å². The van der Waals surface area contributed by atoms with Crippen LogP contribution < -0.4 is 5.73 Å². The van der Waals surface area contributed by atoms with Crippen LogP contribution in [0.2, 0.25) is 0 Å². The SMILES string of the molecule is CCc1ccc(C2=NN=C(N)CC2c2ccccc2)cc1. The summed E-state index contributed by atoms with van der Waals surface area (Å²) in [5.41, 5.74) is 10.6. The molecule has 1 heterocycles. The molecule has 2 aromatic carbocycles. The zero-order chi connectivity index (χ0) is 14.7. The van der Waals surface area contributed by atoms with Gasteiger partial charge in [0.25, 0.3) is 0 Å². The second-order valence-electron chi connectivity index (χ2n) is 5.29. The molecular weight excluding hydrogens is 258 g/mol. The Labute approximate surface area is 125 Å². The summed E-state index contributed by atoms with van der Waals surface area (Å²) in [5, 5.41) is 8.46. The predicted octanol–water partition coefficient (Wildman–Crippen LogP) is 3.50. The zero-order valence-electron chi connectivity index (χ0n) is 12.2. The van der Waals surface area contributed by atoms with Crippen molar-refractivity contribution in [3.8, 4) is 0 Å². The minimum atomic E-state index is 0.177. The molecule has 106 valence electrons. The fourth-order valence-electron chi connectivity index (χ4n) is 2.67. The fraction of sp³-hybridized carbons (Fsp3) is 0.222. The highest BCUT2D eigenvalue weighted by Gasteiger charge is 2.24. The van der Waals surface area contributed by atoms with Gasteiger partial charge in [0.1, 0.15) is 5.84 Å². The Morgan fingerprint density at radius 1 is 1.00 bits per heavy atom. The van der Waals surface area contributed by atoms with Gasteiger partial charge in [0.15, 0.2) is 0 Å². The first-order valence-corrected chi connectivity index (χ1v) is 7.32. The van der Waals surface area contributed by atoms with E-state index in [1.807, 2.05) is 6.07 Å². The van der Waals surface area contributed by atoms with Gasteiger partial charge in [-0.05, 0) is 23.1 Å². The Bertz CT molecular complexity index is 669. The lowest BCUT2D eigenvalue weighted by Crippen LogP contribution is -2.25. The molecule has 0 radical (unpaired) electrons. The molecule has 0 saturated carbocycles. The second-order valence-corrected chi connectivity index (χ2v) is 5.29. The van der Waals surface area contributed by atoms with Crippen molar-refractivity contribution in [1.29, 1.82) is 0 Å². The van der Waals surface area contributed by atoms with Crippen molar-refractivity contribution < 1.29 is 0 Å². The van der Waals surface area contributed by atoms with Crippen molar-refractivity contribution in [2.45, 2.75) is 25.7 Å². The van der Waals surface area contributed by atoms with Gasteiger partial charge in [-0.2, -0.15) is 5.10 Å². The molecule has 2 aromatic rings. The number of hydrogen-bond donors (Lipinski definition) is 1. The van der Waals surface area contributed by atoms with Gasteiger partial charge in [-0.25, -0.2) is 0 Å². The quantitative estimate of drug-likeness (QED) is 0.917. The average Bonchev–Trinajstić information content (AvgIpc) is 2.56. The molecule has 0 aliphatic carbocycles. The summed E-state index contributed by atoms with van der Waals surface area (Å²) >= 11 is 0. The Morgan fingerprint density at radius 2 is 1.71 bits per heavy atom. The smallest absolute Gasteiger partial charge is 0.123 e. The van der Waals surface area contributed by atoms with E-state index in [1.165, 1.54) is 11.1 Å². The molecule has 1 aliphatic rings. The van der Waals surface area contributed by atoms with Crippen molar-refractivity contribution in [3.63, 3.8) is 0 Å². The molecule has 0 fully saturated rings. The average molecular weight is 277 g/mol. The highest BCUT2D eigenvalue weighted by molar-refractivity contribution is 6.08. The third kappa shape index (κ3) is 2.87. The fourth-order valence-corrected chi connectivity index (χ4v) is 2.67. The first-order valence-electron chi connectivity index (χ1n) is 7.32. The number of nitrogens with two attached hydrogens (primary N) is 1. The molecule has 1 unspecified atom stereocenters. The van der Waals surface area contributed by atoms with E-state index in [0.29, 0.717) is 5.84 Å². The van der Waals surface area contributed by atoms with Crippen LogP contribution in [0.1, 0.15) is 36.0 Å². The molecule has 3 nitrogen and oxygen atoms in total. The Morgan fingerprint density at radius 3 is 2.38 bits per heavy atom. The minimum absolute atomic E-state index is 0.177. The molecule has 1 atom stereocenters. The maximum atomic E-state index is 5.89. The van der Waals surface area contributed by atoms with Gasteiger partial charge in [-0.15, -0.1) is 5.10 Å². The van der Waals surface area contributed by atoms with E-state index in [-0.39, 0.29) is 5.92 Å². The van der Waals surface area contributed by atoms with E-state index in [2.05, 4.69) is 65.7 Å². The van der Waals surface area contributed by atoms with Gasteiger partial charge in [0.05, 0.1) is 5.71 Å². The number of aryl methyl sites for hydroxylation is 1. The summed E-state index contributed by atoms with van der Waals surface area (Å²) in [5.74, 6) is 0.772. The third-order valence-electron chi connectivity index (χ3n) is 3.89. The van der Waals surface area contributed by atoms with E-state index >= 15 is 0 Å². The molecule has 21 heavy (non-hydrogen) atoms. The maximum absolute atomic E-state index is 5.89. The standard InChI is InChI=1S/C18H19N3/c1-2-13-8-10-15(11-9-13)18-16(12-17(19)20-21-18)14-6-4-3-5-7-14/h3-11,16H,2,12H2,1H3,(H2,19,20). The van der Waals surface area contributed by atoms with Crippen LogP contribution in [-0.2, 0) is 6.42 Å². The third-order valence-corrected chi connectivity index (χ3v) is 3.89. The van der Waals surface area contributed by atoms with Gasteiger partial charge in [0.2, 0.25) is 0 Å². The van der Waals surface area contributed by atoms with Gasteiger partial charge in [0, 0.05) is 12.3 Å². The topological polar surface area (TPSA) is 50.7 Å². The number of amidine groups is 1. The lowest BCUT2D eigenvalue weighted by atomic mass is 9.86. The van der Waals surface area contributed by atoms with Crippen molar-refractivity contribution in [1.82, 2.24) is 0 Å². The number of nitrogens with zero attached hydrogens (tertiary/aromatic N) is 2. The van der Waals surface area contributed by atoms with Gasteiger partial charge < -0.3 is 5.73 Å². The van der Waals surface area contributed by atoms with Gasteiger partial charge in [-0.3, -0.25) is 0 Å². The summed E-state index contributed by atoms with van der Waals surface area (Å²) in [7, 11) is 0. The first kappa shape index (κ1) is 13.6. The summed E-state index contributed by atoms with van der Waals surface area (Å²) in [6, 6.07) is 18.9. The van der Waals surface area contributed by atoms with Crippen molar-refractivity contribution in [2.24, 2.45) is 15.9 Å². The minimum Gasteiger partial charge on any atom is -0.386 e. The van der Waals surface area contributed by atoms with Crippen LogP contribution in [0.15, 0.2) is 64.8 Å². The molecule has 3 rings (SSSR count). The molecular formula is C18H19N3. The lowest BCUT2D eigenvalue weighted by molar-refractivity contribution is 0.887. The molecule has 0 aromatic heterocycles. The molecule has 0 bridgehead atoms. The monoisotopic (exact) mass is 277 g/mol. The zero-order valence-corrected chi connectivity index (χ0v) is 12.2. The summed E-state index contributed by atoms with van der Waals surface area (Å²) in [6.07, 6.45) is 1.76. The van der Waals surface area contributed by atoms with Crippen LogP contribution in [0.25, 0.3) is 0 Å². The largest absolute Gasteiger partial charge is 0.386 e. The number of hydrogen-bond acceptors (Lipinski definition) is 3. The van der Waals surface area contributed by atoms with Crippen LogP contribution in [0.5, 0.6) is 0 Å². The number of benzene rings is 2. The normalized spacial score (nSPS) is 18.0. The van der Waals surface area contributed by atoms with Gasteiger partial charge >= 0.3 is 0 Å². The number of rotatable bonds is 3. The van der Waals surface area contributed by atoms with Crippen LogP contribution in [0, 0.1) is 0 Å². The van der Waals surface area contributed by atoms with E-state index in [4.69, 9.17) is 5.73 Å². The van der Waals surface area contributed by atoms with E-state index in [9.17, 15) is 0 Å². The van der Waals surface area contributed by atoms with E-state index < -0.39 is 0 Å². The molecule has 0 amide bonds. The Kier molecular flexibility index (Phi) is 3.82. The van der Waals surface area contributed by atoms with Crippen molar-refractivity contribution in [3.05, 3.63) is 71.3 Å². The first-order chi connectivity index (χ1) is 10.3. The molecule has 1 aliphatic heterocycles. The summed E-state index contributed by atoms with van der Waals surface area (Å²) in [4.78, 5) is 0. The van der Waals surface area contributed by atoms with Crippen molar-refractivity contribution >= 4 is 11.5 Å². The van der Waals surface area contributed by atoms with Crippen LogP contribution in [0.4, 0.5) is 0 Å². The molecule has 0 saturated heterocycles. The molecule has 2 N–H and O–H groups in total. The van der Waals surface area contributed by atoms with Crippen LogP contribution >= 0.6 is 0 Å². The maximum Gasteiger partial charge on any atom is 0.123 e. The Balaban J connectivity index is 1.99. The van der Waals surface area contributed by atoms with Crippen LogP contribution in [0.3, 0.4) is 0 Å². The summed E-state index contributed by atoms with van der Waals surface area (Å²) < 4.78 is 0. The highest BCUT2D eigenvalue weighted by Crippen LogP contribution is 2.28. The molecule has 0 spiro atoms. The van der Waals surface area contributed by atoms with Crippen molar-refractivity contribution in [2.75, 3.05) is 0 Å².